The molecule has 0 aromatic rings. The molecule has 3 aliphatic rings. The van der Waals surface area contributed by atoms with Crippen molar-refractivity contribution in [1.82, 2.24) is 0 Å². The second kappa shape index (κ2) is 6.38. The molecular formula is C16H28O3. The third-order valence-corrected chi connectivity index (χ3v) is 5.01. The van der Waals surface area contributed by atoms with Crippen molar-refractivity contribution in [2.45, 2.75) is 45.6 Å². The summed E-state index contributed by atoms with van der Waals surface area (Å²) >= 11 is 0. The van der Waals surface area contributed by atoms with Crippen LogP contribution < -0.4 is 0 Å². The van der Waals surface area contributed by atoms with Crippen molar-refractivity contribution < 1.29 is 14.6 Å². The number of fused-ring (bicyclic) bond motifs is 1. The smallest absolute Gasteiger partial charge is 0.101 e. The highest BCUT2D eigenvalue weighted by Crippen LogP contribution is 2.59. The van der Waals surface area contributed by atoms with Gasteiger partial charge in [-0.25, -0.2) is 0 Å². The lowest BCUT2D eigenvalue weighted by atomic mass is 9.48. The Balaban J connectivity index is 1.61. The van der Waals surface area contributed by atoms with Crippen molar-refractivity contribution in [1.29, 1.82) is 0 Å². The van der Waals surface area contributed by atoms with Gasteiger partial charge in [0.1, 0.15) is 6.10 Å². The van der Waals surface area contributed by atoms with Gasteiger partial charge in [0.05, 0.1) is 13.2 Å². The quantitative estimate of drug-likeness (QED) is 0.543. The first-order valence-electron chi connectivity index (χ1n) is 7.49. The summed E-state index contributed by atoms with van der Waals surface area (Å²) < 4.78 is 10.3. The second-order valence-electron chi connectivity index (χ2n) is 6.61. The molecule has 3 nitrogen and oxygen atoms in total. The van der Waals surface area contributed by atoms with Crippen LogP contribution in [0.1, 0.15) is 39.5 Å². The van der Waals surface area contributed by atoms with Crippen LogP contribution in [-0.4, -0.2) is 38.1 Å². The molecule has 3 atom stereocenters. The van der Waals surface area contributed by atoms with Gasteiger partial charge in [0.15, 0.2) is 0 Å². The fourth-order valence-electron chi connectivity index (χ4n) is 3.60. The van der Waals surface area contributed by atoms with Crippen LogP contribution in [0.15, 0.2) is 11.6 Å². The number of hydrogen-bond donors (Lipinski definition) is 1. The molecule has 0 aromatic heterocycles. The number of rotatable bonds is 8. The van der Waals surface area contributed by atoms with Gasteiger partial charge in [-0.3, -0.25) is 0 Å². The number of allylic oxidation sites excluding steroid dienone is 2. The summed E-state index contributed by atoms with van der Waals surface area (Å²) in [5.41, 5.74) is 2.17. The Morgan fingerprint density at radius 1 is 1.42 bits per heavy atom. The van der Waals surface area contributed by atoms with Crippen LogP contribution in [0.2, 0.25) is 0 Å². The fourth-order valence-corrected chi connectivity index (χ4v) is 3.60. The summed E-state index contributed by atoms with van der Waals surface area (Å²) in [4.78, 5) is 0. The molecule has 3 heteroatoms. The molecule has 0 amide bonds. The summed E-state index contributed by atoms with van der Waals surface area (Å²) in [5.74, 6) is 1.73. The summed E-state index contributed by atoms with van der Waals surface area (Å²) in [6, 6.07) is 0. The summed E-state index contributed by atoms with van der Waals surface area (Å²) in [5, 5.41) is 9.45. The Hall–Kier alpha value is -0.380. The maximum Gasteiger partial charge on any atom is 0.101 e. The molecule has 110 valence electrons. The fraction of sp³-hybridized carbons (Fsp3) is 0.875. The monoisotopic (exact) mass is 268 g/mol. The highest BCUT2D eigenvalue weighted by atomic mass is 16.5. The van der Waals surface area contributed by atoms with E-state index in [4.69, 9.17) is 9.47 Å². The zero-order valence-corrected chi connectivity index (χ0v) is 12.5. The average molecular weight is 268 g/mol. The first-order valence-corrected chi connectivity index (χ1v) is 7.49. The van der Waals surface area contributed by atoms with Crippen molar-refractivity contribution in [2.75, 3.05) is 26.9 Å². The van der Waals surface area contributed by atoms with E-state index in [1.165, 1.54) is 12.8 Å². The molecule has 0 radical (unpaired) electrons. The normalized spacial score (nSPS) is 29.6. The standard InChI is InChI=1S/C16H28O3/c1-16(2)13-7-6-12(15(16)9-13)5-4-8-19-11-14(17)10-18-3/h6,13-15,17H,4-5,7-11H2,1-3H3. The lowest BCUT2D eigenvalue weighted by molar-refractivity contribution is -0.0140. The molecule has 1 N–H and O–H groups in total. The van der Waals surface area contributed by atoms with Gasteiger partial charge in [-0.1, -0.05) is 25.5 Å². The van der Waals surface area contributed by atoms with E-state index >= 15 is 0 Å². The van der Waals surface area contributed by atoms with Gasteiger partial charge in [-0.2, -0.15) is 0 Å². The Bertz CT molecular complexity index is 322. The molecule has 1 saturated carbocycles. The highest BCUT2D eigenvalue weighted by Gasteiger charge is 2.50. The lowest BCUT2D eigenvalue weighted by Gasteiger charge is -2.56. The van der Waals surface area contributed by atoms with Gasteiger partial charge in [0.2, 0.25) is 0 Å². The maximum absolute atomic E-state index is 9.45. The number of hydrogen-bond acceptors (Lipinski definition) is 3. The van der Waals surface area contributed by atoms with Crippen molar-refractivity contribution in [3.63, 3.8) is 0 Å². The summed E-state index contributed by atoms with van der Waals surface area (Å²) in [7, 11) is 1.59. The number of aliphatic hydroxyl groups excluding tert-OH is 1. The average Bonchev–Trinajstić information content (AvgIpc) is 2.38. The van der Waals surface area contributed by atoms with E-state index in [1.54, 1.807) is 12.7 Å². The summed E-state index contributed by atoms with van der Waals surface area (Å²) in [6.07, 6.45) is 6.84. The van der Waals surface area contributed by atoms with Crippen LogP contribution >= 0.6 is 0 Å². The van der Waals surface area contributed by atoms with Crippen molar-refractivity contribution >= 4 is 0 Å². The van der Waals surface area contributed by atoms with Gasteiger partial charge in [0.25, 0.3) is 0 Å². The van der Waals surface area contributed by atoms with Gasteiger partial charge in [-0.15, -0.1) is 0 Å². The van der Waals surface area contributed by atoms with E-state index in [1.807, 2.05) is 0 Å². The molecule has 2 bridgehead atoms. The Labute approximate surface area is 117 Å². The van der Waals surface area contributed by atoms with Crippen molar-refractivity contribution in [3.8, 4) is 0 Å². The number of methoxy groups -OCH3 is 1. The molecule has 3 unspecified atom stereocenters. The van der Waals surface area contributed by atoms with Crippen LogP contribution in [0.4, 0.5) is 0 Å². The van der Waals surface area contributed by atoms with E-state index in [-0.39, 0.29) is 0 Å². The third kappa shape index (κ3) is 3.39. The van der Waals surface area contributed by atoms with E-state index < -0.39 is 6.10 Å². The maximum atomic E-state index is 9.45. The van der Waals surface area contributed by atoms with E-state index in [2.05, 4.69) is 19.9 Å². The zero-order chi connectivity index (χ0) is 13.9. The van der Waals surface area contributed by atoms with Gasteiger partial charge >= 0.3 is 0 Å². The van der Waals surface area contributed by atoms with Gasteiger partial charge in [0, 0.05) is 13.7 Å². The topological polar surface area (TPSA) is 38.7 Å². The van der Waals surface area contributed by atoms with Crippen LogP contribution in [0.3, 0.4) is 0 Å². The minimum Gasteiger partial charge on any atom is -0.388 e. The van der Waals surface area contributed by atoms with Crippen LogP contribution in [0.25, 0.3) is 0 Å². The lowest BCUT2D eigenvalue weighted by Crippen LogP contribution is -2.48. The van der Waals surface area contributed by atoms with Crippen molar-refractivity contribution in [3.05, 3.63) is 11.6 Å². The molecule has 0 spiro atoms. The first kappa shape index (κ1) is 15.0. The predicted molar refractivity (Wildman–Crippen MR) is 76.0 cm³/mol. The second-order valence-corrected chi connectivity index (χ2v) is 6.61. The minimum atomic E-state index is -0.495. The molecule has 19 heavy (non-hydrogen) atoms. The molecule has 0 heterocycles. The minimum absolute atomic E-state index is 0.350. The Kier molecular flexibility index (Phi) is 5.04. The molecule has 0 aromatic carbocycles. The molecule has 3 aliphatic carbocycles. The molecule has 1 fully saturated rings. The molecule has 0 saturated heterocycles. The first-order chi connectivity index (χ1) is 9.05. The number of ether oxygens (including phenoxy) is 2. The largest absolute Gasteiger partial charge is 0.388 e. The Morgan fingerprint density at radius 2 is 2.21 bits per heavy atom. The van der Waals surface area contributed by atoms with Crippen molar-refractivity contribution in [2.24, 2.45) is 17.3 Å². The van der Waals surface area contributed by atoms with E-state index in [0.29, 0.717) is 18.6 Å². The van der Waals surface area contributed by atoms with E-state index in [0.717, 1.165) is 31.3 Å². The molecule has 0 aliphatic heterocycles. The third-order valence-electron chi connectivity index (χ3n) is 5.01. The summed E-state index contributed by atoms with van der Waals surface area (Å²) in [6.45, 7) is 6.29. The highest BCUT2D eigenvalue weighted by molar-refractivity contribution is 5.23. The molecular weight excluding hydrogens is 240 g/mol. The Morgan fingerprint density at radius 3 is 2.84 bits per heavy atom. The van der Waals surface area contributed by atoms with Crippen LogP contribution in [-0.2, 0) is 9.47 Å². The number of aliphatic hydroxyl groups is 1. The van der Waals surface area contributed by atoms with Crippen LogP contribution in [0.5, 0.6) is 0 Å². The predicted octanol–water partition coefficient (Wildman–Crippen LogP) is 2.78. The molecule has 3 rings (SSSR count). The van der Waals surface area contributed by atoms with Crippen LogP contribution in [0, 0.1) is 17.3 Å². The van der Waals surface area contributed by atoms with Gasteiger partial charge in [-0.05, 0) is 42.9 Å². The SMILES string of the molecule is COCC(O)COCCCC1=CCC2CC1C2(C)C. The zero-order valence-electron chi connectivity index (χ0n) is 12.5. The van der Waals surface area contributed by atoms with E-state index in [9.17, 15) is 5.11 Å². The van der Waals surface area contributed by atoms with Gasteiger partial charge < -0.3 is 14.6 Å².